The Labute approximate surface area is 122 Å². The van der Waals surface area contributed by atoms with E-state index in [9.17, 15) is 14.0 Å². The van der Waals surface area contributed by atoms with E-state index in [1.54, 1.807) is 4.57 Å². The molecule has 1 aromatic heterocycles. The number of pyridine rings is 1. The van der Waals surface area contributed by atoms with E-state index in [2.05, 4.69) is 20.7 Å². The Morgan fingerprint density at radius 3 is 2.85 bits per heavy atom. The average molecular weight is 340 g/mol. The number of benzene rings is 1. The van der Waals surface area contributed by atoms with Gasteiger partial charge in [0.2, 0.25) is 0 Å². The third kappa shape index (κ3) is 1.64. The minimum atomic E-state index is -0.704. The summed E-state index contributed by atoms with van der Waals surface area (Å²) in [6.45, 7) is 1.87. The molecule has 0 saturated carbocycles. The molecule has 2 aromatic rings. The van der Waals surface area contributed by atoms with E-state index in [4.69, 9.17) is 0 Å². The van der Waals surface area contributed by atoms with Crippen molar-refractivity contribution in [3.05, 3.63) is 43.9 Å². The number of ether oxygens (including phenoxy) is 1. The van der Waals surface area contributed by atoms with Crippen molar-refractivity contribution in [1.82, 2.24) is 4.57 Å². The smallest absolute Gasteiger partial charge is 0.343 e. The number of carbonyl (C=O) groups excluding carboxylic acids is 1. The van der Waals surface area contributed by atoms with Crippen molar-refractivity contribution in [2.75, 3.05) is 7.11 Å². The van der Waals surface area contributed by atoms with E-state index in [0.29, 0.717) is 21.8 Å². The molecule has 0 N–H and O–H groups in total. The predicted octanol–water partition coefficient (Wildman–Crippen LogP) is 2.81. The second kappa shape index (κ2) is 4.41. The van der Waals surface area contributed by atoms with Gasteiger partial charge in [0.25, 0.3) is 5.56 Å². The van der Waals surface area contributed by atoms with Crippen molar-refractivity contribution in [2.45, 2.75) is 19.4 Å². The highest BCUT2D eigenvalue weighted by atomic mass is 79.9. The molecule has 1 aromatic carbocycles. The molecule has 0 radical (unpaired) electrons. The lowest BCUT2D eigenvalue weighted by molar-refractivity contribution is 0.0598. The van der Waals surface area contributed by atoms with Gasteiger partial charge in [-0.2, -0.15) is 0 Å². The monoisotopic (exact) mass is 339 g/mol. The van der Waals surface area contributed by atoms with Crippen LogP contribution in [0.4, 0.5) is 4.39 Å². The molecule has 1 aliphatic heterocycles. The highest BCUT2D eigenvalue weighted by Crippen LogP contribution is 2.37. The fourth-order valence-corrected chi connectivity index (χ4v) is 3.25. The number of halogens is 2. The first kappa shape index (κ1) is 13.3. The summed E-state index contributed by atoms with van der Waals surface area (Å²) in [6.07, 6.45) is 0.550. The van der Waals surface area contributed by atoms with Gasteiger partial charge in [-0.15, -0.1) is 0 Å². The van der Waals surface area contributed by atoms with Crippen LogP contribution in [0.1, 0.15) is 28.9 Å². The third-order valence-corrected chi connectivity index (χ3v) is 4.51. The standard InChI is InChI=1S/C14H11BrFNO3/c1-6-3-8-11(15)10(16)5-7-4-9(14(19)20-2)13(18)17(6)12(7)8/h4-6H,3H2,1-2H3. The molecule has 0 spiro atoms. The molecular weight excluding hydrogens is 329 g/mol. The Morgan fingerprint density at radius 2 is 2.20 bits per heavy atom. The van der Waals surface area contributed by atoms with Crippen LogP contribution >= 0.6 is 15.9 Å². The summed E-state index contributed by atoms with van der Waals surface area (Å²) >= 11 is 3.23. The van der Waals surface area contributed by atoms with Gasteiger partial charge in [0.15, 0.2) is 0 Å². The van der Waals surface area contributed by atoms with Gasteiger partial charge in [-0.3, -0.25) is 4.79 Å². The lowest BCUT2D eigenvalue weighted by atomic mass is 10.1. The van der Waals surface area contributed by atoms with Crippen LogP contribution in [0.2, 0.25) is 0 Å². The van der Waals surface area contributed by atoms with Gasteiger partial charge >= 0.3 is 5.97 Å². The van der Waals surface area contributed by atoms with Crippen molar-refractivity contribution in [3.8, 4) is 0 Å². The molecule has 0 aliphatic carbocycles. The van der Waals surface area contributed by atoms with Gasteiger partial charge < -0.3 is 9.30 Å². The number of rotatable bonds is 1. The Bertz CT molecular complexity index is 812. The molecule has 1 aliphatic rings. The molecule has 0 bridgehead atoms. The highest BCUT2D eigenvalue weighted by Gasteiger charge is 2.28. The van der Waals surface area contributed by atoms with Crippen LogP contribution in [-0.2, 0) is 11.2 Å². The van der Waals surface area contributed by atoms with Gasteiger partial charge in [-0.05, 0) is 47.0 Å². The number of carbonyl (C=O) groups is 1. The van der Waals surface area contributed by atoms with Crippen molar-refractivity contribution in [1.29, 1.82) is 0 Å². The van der Waals surface area contributed by atoms with Crippen LogP contribution in [0.15, 0.2) is 21.4 Å². The van der Waals surface area contributed by atoms with Crippen molar-refractivity contribution in [3.63, 3.8) is 0 Å². The Hall–Kier alpha value is -1.69. The minimum Gasteiger partial charge on any atom is -0.465 e. The maximum Gasteiger partial charge on any atom is 0.343 e. The second-order valence-corrected chi connectivity index (χ2v) is 5.66. The predicted molar refractivity (Wildman–Crippen MR) is 75.6 cm³/mol. The van der Waals surface area contributed by atoms with E-state index in [0.717, 1.165) is 5.56 Å². The first-order valence-electron chi connectivity index (χ1n) is 6.10. The molecule has 0 fully saturated rings. The quantitative estimate of drug-likeness (QED) is 0.750. The molecule has 0 saturated heterocycles. The molecule has 0 amide bonds. The number of aromatic nitrogens is 1. The van der Waals surface area contributed by atoms with E-state index in [1.165, 1.54) is 19.2 Å². The summed E-state index contributed by atoms with van der Waals surface area (Å²) in [6, 6.07) is 2.60. The maximum atomic E-state index is 13.9. The molecule has 2 heterocycles. The van der Waals surface area contributed by atoms with E-state index in [-0.39, 0.29) is 11.6 Å². The lowest BCUT2D eigenvalue weighted by Gasteiger charge is -2.11. The van der Waals surface area contributed by atoms with Crippen molar-refractivity contribution in [2.24, 2.45) is 0 Å². The fourth-order valence-electron chi connectivity index (χ4n) is 2.78. The molecule has 4 nitrogen and oxygen atoms in total. The summed E-state index contributed by atoms with van der Waals surface area (Å²) in [4.78, 5) is 24.1. The largest absolute Gasteiger partial charge is 0.465 e. The lowest BCUT2D eigenvalue weighted by Crippen LogP contribution is -2.27. The summed E-state index contributed by atoms with van der Waals surface area (Å²) in [5, 5.41) is 0.532. The van der Waals surface area contributed by atoms with Gasteiger partial charge in [0, 0.05) is 11.4 Å². The van der Waals surface area contributed by atoms with Crippen LogP contribution in [0.3, 0.4) is 0 Å². The summed E-state index contributed by atoms with van der Waals surface area (Å²) in [5.74, 6) is -1.10. The maximum absolute atomic E-state index is 13.9. The summed E-state index contributed by atoms with van der Waals surface area (Å²) in [5.41, 5.74) is 0.986. The number of hydrogen-bond acceptors (Lipinski definition) is 3. The third-order valence-electron chi connectivity index (χ3n) is 3.65. The van der Waals surface area contributed by atoms with E-state index < -0.39 is 17.3 Å². The normalized spacial score (nSPS) is 16.7. The molecule has 3 rings (SSSR count). The zero-order chi connectivity index (χ0) is 14.6. The molecule has 1 unspecified atom stereocenters. The minimum absolute atomic E-state index is 0.0681. The number of esters is 1. The molecule has 1 atom stereocenters. The molecule has 104 valence electrons. The molecular formula is C14H11BrFNO3. The highest BCUT2D eigenvalue weighted by molar-refractivity contribution is 9.10. The Morgan fingerprint density at radius 1 is 1.50 bits per heavy atom. The summed E-state index contributed by atoms with van der Waals surface area (Å²) < 4.78 is 20.5. The van der Waals surface area contributed by atoms with Crippen molar-refractivity contribution < 1.29 is 13.9 Å². The first-order valence-corrected chi connectivity index (χ1v) is 6.89. The number of nitrogens with zero attached hydrogens (tertiary/aromatic N) is 1. The fraction of sp³-hybridized carbons (Fsp3) is 0.286. The zero-order valence-corrected chi connectivity index (χ0v) is 12.5. The number of hydrogen-bond donors (Lipinski definition) is 0. The zero-order valence-electron chi connectivity index (χ0n) is 10.9. The molecule has 6 heteroatoms. The van der Waals surface area contributed by atoms with Gasteiger partial charge in [0.05, 0.1) is 17.1 Å². The van der Waals surface area contributed by atoms with Crippen LogP contribution in [0.5, 0.6) is 0 Å². The van der Waals surface area contributed by atoms with Crippen molar-refractivity contribution >= 4 is 32.8 Å². The first-order chi connectivity index (χ1) is 9.45. The Balaban J connectivity index is 2.49. The van der Waals surface area contributed by atoms with Crippen LogP contribution in [0.25, 0.3) is 10.9 Å². The van der Waals surface area contributed by atoms with Gasteiger partial charge in [-0.25, -0.2) is 9.18 Å². The SMILES string of the molecule is COC(=O)c1cc2cc(F)c(Br)c3c2n(c1=O)C(C)C3. The Kier molecular flexibility index (Phi) is 2.93. The number of methoxy groups -OCH3 is 1. The second-order valence-electron chi connectivity index (χ2n) is 4.87. The van der Waals surface area contributed by atoms with Crippen LogP contribution in [0, 0.1) is 5.82 Å². The van der Waals surface area contributed by atoms with E-state index in [1.807, 2.05) is 6.92 Å². The topological polar surface area (TPSA) is 48.3 Å². The van der Waals surface area contributed by atoms with Gasteiger partial charge in [-0.1, -0.05) is 0 Å². The summed E-state index contributed by atoms with van der Waals surface area (Å²) in [7, 11) is 1.22. The van der Waals surface area contributed by atoms with Crippen LogP contribution < -0.4 is 5.56 Å². The van der Waals surface area contributed by atoms with Crippen LogP contribution in [-0.4, -0.2) is 17.6 Å². The average Bonchev–Trinajstić information content (AvgIpc) is 2.77. The molecule has 20 heavy (non-hydrogen) atoms. The van der Waals surface area contributed by atoms with Gasteiger partial charge in [0.1, 0.15) is 11.4 Å². The van der Waals surface area contributed by atoms with E-state index >= 15 is 0 Å².